The van der Waals surface area contributed by atoms with Crippen LogP contribution < -0.4 is 19.5 Å². The number of hydrogen-bond donors (Lipinski definition) is 1. The van der Waals surface area contributed by atoms with Crippen molar-refractivity contribution in [1.82, 2.24) is 5.32 Å². The number of rotatable bonds is 7. The molecule has 0 bridgehead atoms. The molecule has 5 heteroatoms. The van der Waals surface area contributed by atoms with Crippen molar-refractivity contribution < 1.29 is 19.0 Å². The first-order chi connectivity index (χ1) is 11.6. The summed E-state index contributed by atoms with van der Waals surface area (Å²) in [5, 5.41) is 2.91. The Morgan fingerprint density at radius 3 is 2.42 bits per heavy atom. The maximum atomic E-state index is 12.2. The van der Waals surface area contributed by atoms with Crippen LogP contribution in [0.25, 0.3) is 0 Å². The molecule has 0 aliphatic rings. The quantitative estimate of drug-likeness (QED) is 0.848. The molecule has 1 amide bonds. The van der Waals surface area contributed by atoms with Crippen LogP contribution >= 0.6 is 0 Å². The summed E-state index contributed by atoms with van der Waals surface area (Å²) >= 11 is 0. The van der Waals surface area contributed by atoms with Crippen LogP contribution in [-0.2, 0) is 6.42 Å². The lowest BCUT2D eigenvalue weighted by Gasteiger charge is -2.13. The highest BCUT2D eigenvalue weighted by Gasteiger charge is 2.10. The summed E-state index contributed by atoms with van der Waals surface area (Å²) < 4.78 is 15.9. The smallest absolute Gasteiger partial charge is 0.251 e. The summed E-state index contributed by atoms with van der Waals surface area (Å²) in [6.07, 6.45) is 0.648. The Bertz CT molecular complexity index is 713. The predicted octanol–water partition coefficient (Wildman–Crippen LogP) is 2.99. The average molecular weight is 329 g/mol. The minimum atomic E-state index is -0.132. The van der Waals surface area contributed by atoms with Gasteiger partial charge < -0.3 is 19.5 Å². The van der Waals surface area contributed by atoms with Crippen LogP contribution in [0.3, 0.4) is 0 Å². The first-order valence-corrected chi connectivity index (χ1v) is 7.72. The molecule has 2 rings (SSSR count). The molecule has 0 atom stereocenters. The number of carbonyl (C=O) groups is 1. The molecule has 1 N–H and O–H groups in total. The van der Waals surface area contributed by atoms with Gasteiger partial charge in [-0.1, -0.05) is 6.07 Å². The second-order valence-corrected chi connectivity index (χ2v) is 5.37. The van der Waals surface area contributed by atoms with Crippen molar-refractivity contribution in [3.05, 3.63) is 53.1 Å². The van der Waals surface area contributed by atoms with Crippen LogP contribution in [-0.4, -0.2) is 33.8 Å². The van der Waals surface area contributed by atoms with E-state index in [9.17, 15) is 4.79 Å². The van der Waals surface area contributed by atoms with Crippen molar-refractivity contribution in [3.8, 4) is 17.2 Å². The van der Waals surface area contributed by atoms with Crippen LogP contribution in [0.1, 0.15) is 21.5 Å². The van der Waals surface area contributed by atoms with Gasteiger partial charge in [0, 0.05) is 12.1 Å². The molecule has 0 aromatic heterocycles. The summed E-state index contributed by atoms with van der Waals surface area (Å²) in [6.45, 7) is 2.47. The summed E-state index contributed by atoms with van der Waals surface area (Å²) in [4.78, 5) is 12.2. The zero-order valence-corrected chi connectivity index (χ0v) is 14.5. The molecule has 0 aliphatic heterocycles. The highest BCUT2D eigenvalue weighted by atomic mass is 16.5. The highest BCUT2D eigenvalue weighted by molar-refractivity contribution is 5.94. The monoisotopic (exact) mass is 329 g/mol. The van der Waals surface area contributed by atoms with E-state index < -0.39 is 0 Å². The van der Waals surface area contributed by atoms with E-state index in [4.69, 9.17) is 14.2 Å². The molecule has 0 saturated heterocycles. The Morgan fingerprint density at radius 2 is 1.75 bits per heavy atom. The number of ether oxygens (including phenoxy) is 3. The predicted molar refractivity (Wildman–Crippen MR) is 93.3 cm³/mol. The third kappa shape index (κ3) is 4.19. The van der Waals surface area contributed by atoms with E-state index in [2.05, 4.69) is 5.32 Å². The van der Waals surface area contributed by atoms with E-state index in [-0.39, 0.29) is 5.91 Å². The molecule has 5 nitrogen and oxygen atoms in total. The Morgan fingerprint density at radius 1 is 1.00 bits per heavy atom. The van der Waals surface area contributed by atoms with Gasteiger partial charge in [0.1, 0.15) is 17.2 Å². The molecule has 0 saturated carbocycles. The zero-order valence-electron chi connectivity index (χ0n) is 14.5. The molecule has 24 heavy (non-hydrogen) atoms. The minimum absolute atomic E-state index is 0.132. The van der Waals surface area contributed by atoms with Gasteiger partial charge in [-0.2, -0.15) is 0 Å². The van der Waals surface area contributed by atoms with Crippen LogP contribution in [0.4, 0.5) is 0 Å². The highest BCUT2D eigenvalue weighted by Crippen LogP contribution is 2.28. The second kappa shape index (κ2) is 8.24. The Hall–Kier alpha value is -2.69. The van der Waals surface area contributed by atoms with Gasteiger partial charge in [-0.3, -0.25) is 4.79 Å². The molecule has 0 heterocycles. The molecule has 0 unspecified atom stereocenters. The summed E-state index contributed by atoms with van der Waals surface area (Å²) in [5.41, 5.74) is 2.58. The number of methoxy groups -OCH3 is 3. The summed E-state index contributed by atoms with van der Waals surface area (Å²) in [5.74, 6) is 2.13. The van der Waals surface area contributed by atoms with Crippen LogP contribution in [0, 0.1) is 6.92 Å². The number of nitrogens with one attached hydrogen (secondary N) is 1. The molecule has 0 aliphatic carbocycles. The van der Waals surface area contributed by atoms with Gasteiger partial charge in [0.15, 0.2) is 0 Å². The van der Waals surface area contributed by atoms with Crippen LogP contribution in [0.15, 0.2) is 36.4 Å². The third-order valence-corrected chi connectivity index (χ3v) is 3.81. The summed E-state index contributed by atoms with van der Waals surface area (Å²) in [7, 11) is 4.86. The molecule has 0 radical (unpaired) electrons. The molecule has 128 valence electrons. The lowest BCUT2D eigenvalue weighted by Crippen LogP contribution is -2.25. The number of carbonyl (C=O) groups excluding carboxylic acids is 1. The van der Waals surface area contributed by atoms with Gasteiger partial charge in [0.05, 0.1) is 21.3 Å². The van der Waals surface area contributed by atoms with Gasteiger partial charge in [-0.25, -0.2) is 0 Å². The molecular weight excluding hydrogens is 306 g/mol. The molecule has 2 aromatic carbocycles. The molecular formula is C19H23NO4. The standard InChI is InChI=1S/C19H23NO4/c1-13-10-18(24-4)14(12-17(13)23-3)8-9-20-19(21)15-6-5-7-16(11-15)22-2/h5-7,10-12H,8-9H2,1-4H3,(H,20,21). The summed E-state index contributed by atoms with van der Waals surface area (Å²) in [6, 6.07) is 11.0. The van der Waals surface area contributed by atoms with E-state index in [1.54, 1.807) is 45.6 Å². The fraction of sp³-hybridized carbons (Fsp3) is 0.316. The normalized spacial score (nSPS) is 10.2. The number of aryl methyl sites for hydroxylation is 1. The van der Waals surface area contributed by atoms with Crippen molar-refractivity contribution in [1.29, 1.82) is 0 Å². The Balaban J connectivity index is 2.02. The topological polar surface area (TPSA) is 56.8 Å². The number of hydrogen-bond acceptors (Lipinski definition) is 4. The maximum Gasteiger partial charge on any atom is 0.251 e. The van der Waals surface area contributed by atoms with E-state index in [0.29, 0.717) is 24.3 Å². The fourth-order valence-electron chi connectivity index (χ4n) is 2.49. The largest absolute Gasteiger partial charge is 0.497 e. The average Bonchev–Trinajstić information content (AvgIpc) is 2.62. The molecule has 0 fully saturated rings. The van der Waals surface area contributed by atoms with E-state index in [1.807, 2.05) is 19.1 Å². The van der Waals surface area contributed by atoms with Crippen molar-refractivity contribution in [2.75, 3.05) is 27.9 Å². The Labute approximate surface area is 142 Å². The SMILES string of the molecule is COc1cccc(C(=O)NCCc2cc(OC)c(C)cc2OC)c1. The first-order valence-electron chi connectivity index (χ1n) is 7.72. The van der Waals surface area contributed by atoms with E-state index >= 15 is 0 Å². The van der Waals surface area contributed by atoms with Crippen molar-refractivity contribution >= 4 is 5.91 Å². The third-order valence-electron chi connectivity index (χ3n) is 3.81. The number of amides is 1. The van der Waals surface area contributed by atoms with Crippen molar-refractivity contribution in [2.45, 2.75) is 13.3 Å². The molecule has 0 spiro atoms. The van der Waals surface area contributed by atoms with Crippen molar-refractivity contribution in [2.24, 2.45) is 0 Å². The zero-order chi connectivity index (χ0) is 17.5. The fourth-order valence-corrected chi connectivity index (χ4v) is 2.49. The molecule has 2 aromatic rings. The lowest BCUT2D eigenvalue weighted by atomic mass is 10.1. The first kappa shape index (κ1) is 17.7. The second-order valence-electron chi connectivity index (χ2n) is 5.37. The van der Waals surface area contributed by atoms with E-state index in [1.165, 1.54) is 0 Å². The van der Waals surface area contributed by atoms with Gasteiger partial charge in [-0.15, -0.1) is 0 Å². The van der Waals surface area contributed by atoms with E-state index in [0.717, 1.165) is 22.6 Å². The maximum absolute atomic E-state index is 12.2. The number of benzene rings is 2. The Kier molecular flexibility index (Phi) is 6.07. The van der Waals surface area contributed by atoms with Crippen molar-refractivity contribution in [3.63, 3.8) is 0 Å². The van der Waals surface area contributed by atoms with Gasteiger partial charge in [-0.05, 0) is 54.8 Å². The van der Waals surface area contributed by atoms with Gasteiger partial charge in [0.25, 0.3) is 5.91 Å². The minimum Gasteiger partial charge on any atom is -0.497 e. The van der Waals surface area contributed by atoms with Gasteiger partial charge >= 0.3 is 0 Å². The van der Waals surface area contributed by atoms with Crippen LogP contribution in [0.5, 0.6) is 17.2 Å². The van der Waals surface area contributed by atoms with Crippen LogP contribution in [0.2, 0.25) is 0 Å². The lowest BCUT2D eigenvalue weighted by molar-refractivity contribution is 0.0953. The van der Waals surface area contributed by atoms with Gasteiger partial charge in [0.2, 0.25) is 0 Å².